The zero-order valence-electron chi connectivity index (χ0n) is 20.8. The van der Waals surface area contributed by atoms with Crippen molar-refractivity contribution in [1.82, 2.24) is 9.88 Å². The van der Waals surface area contributed by atoms with Crippen LogP contribution in [0.1, 0.15) is 27.6 Å². The summed E-state index contributed by atoms with van der Waals surface area (Å²) in [6.07, 6.45) is -3.01. The van der Waals surface area contributed by atoms with Gasteiger partial charge in [0.05, 0.1) is 18.7 Å². The summed E-state index contributed by atoms with van der Waals surface area (Å²) in [4.78, 5) is 1.74. The number of hydrogen-bond acceptors (Lipinski definition) is 4. The van der Waals surface area contributed by atoms with Crippen molar-refractivity contribution in [1.29, 1.82) is 5.26 Å². The molecule has 0 radical (unpaired) electrons. The molecule has 0 saturated carbocycles. The van der Waals surface area contributed by atoms with Crippen LogP contribution in [-0.4, -0.2) is 17.9 Å². The second-order valence-corrected chi connectivity index (χ2v) is 10.6. The standard InChI is InChI=1S/C30H23ClF3N3OS/c1-38-23-9-5-21(6-10-23)28-13-11-24(39-28)16-36-29(30(32,33)34)26-18-37(17-19-2-7-22(31)8-3-19)27-14-20(15-35)4-12-25(26)27/h2-14,18,29,36H,16-17H2,1H3. The Morgan fingerprint density at radius 1 is 1.03 bits per heavy atom. The third-order valence-corrected chi connectivity index (χ3v) is 7.85. The van der Waals surface area contributed by atoms with Crippen molar-refractivity contribution in [2.24, 2.45) is 0 Å². The minimum absolute atomic E-state index is 0.0468. The van der Waals surface area contributed by atoms with E-state index < -0.39 is 12.2 Å². The number of hydrogen-bond donors (Lipinski definition) is 1. The molecule has 1 atom stereocenters. The van der Waals surface area contributed by atoms with Crippen molar-refractivity contribution in [3.05, 3.63) is 112 Å². The van der Waals surface area contributed by atoms with Crippen molar-refractivity contribution < 1.29 is 17.9 Å². The molecule has 198 valence electrons. The fraction of sp³-hybridized carbons (Fsp3) is 0.167. The van der Waals surface area contributed by atoms with E-state index in [2.05, 4.69) is 11.4 Å². The van der Waals surface area contributed by atoms with Crippen molar-refractivity contribution in [3.8, 4) is 22.3 Å². The quantitative estimate of drug-likeness (QED) is 0.206. The van der Waals surface area contributed by atoms with Crippen molar-refractivity contribution >= 4 is 33.8 Å². The SMILES string of the molecule is COc1ccc(-c2ccc(CNC(c3cn(Cc4ccc(Cl)cc4)c4cc(C#N)ccc34)C(F)(F)F)s2)cc1. The van der Waals surface area contributed by atoms with Gasteiger partial charge in [0.25, 0.3) is 0 Å². The lowest BCUT2D eigenvalue weighted by Gasteiger charge is -2.21. The summed E-state index contributed by atoms with van der Waals surface area (Å²) in [5.41, 5.74) is 2.91. The minimum Gasteiger partial charge on any atom is -0.497 e. The highest BCUT2D eigenvalue weighted by atomic mass is 35.5. The van der Waals surface area contributed by atoms with E-state index in [0.29, 0.717) is 28.0 Å². The number of methoxy groups -OCH3 is 1. The van der Waals surface area contributed by atoms with Crippen molar-refractivity contribution in [3.63, 3.8) is 0 Å². The Morgan fingerprint density at radius 2 is 1.77 bits per heavy atom. The molecule has 0 bridgehead atoms. The third-order valence-electron chi connectivity index (χ3n) is 6.46. The number of nitrogens with one attached hydrogen (secondary N) is 1. The van der Waals surface area contributed by atoms with Gasteiger partial charge in [-0.25, -0.2) is 0 Å². The number of halogens is 4. The number of nitriles is 1. The van der Waals surface area contributed by atoms with Crippen LogP contribution in [0.3, 0.4) is 0 Å². The van der Waals surface area contributed by atoms with Crippen LogP contribution in [0.2, 0.25) is 5.02 Å². The van der Waals surface area contributed by atoms with Crippen LogP contribution >= 0.6 is 22.9 Å². The third kappa shape index (κ3) is 5.96. The molecule has 0 aliphatic carbocycles. The Labute approximate surface area is 232 Å². The Balaban J connectivity index is 1.45. The molecule has 4 nitrogen and oxygen atoms in total. The summed E-state index contributed by atoms with van der Waals surface area (Å²) in [5, 5.41) is 13.2. The van der Waals surface area contributed by atoms with E-state index in [9.17, 15) is 18.4 Å². The summed E-state index contributed by atoms with van der Waals surface area (Å²) in [6, 6.07) is 23.4. The second kappa shape index (κ2) is 11.1. The summed E-state index contributed by atoms with van der Waals surface area (Å²) in [5.74, 6) is 0.738. The molecule has 0 aliphatic heterocycles. The molecule has 3 aromatic carbocycles. The lowest BCUT2D eigenvalue weighted by Crippen LogP contribution is -2.33. The van der Waals surface area contributed by atoms with E-state index in [-0.39, 0.29) is 12.1 Å². The number of nitrogens with zero attached hydrogens (tertiary/aromatic N) is 2. The number of alkyl halides is 3. The number of aromatic nitrogens is 1. The van der Waals surface area contributed by atoms with E-state index >= 15 is 0 Å². The fourth-order valence-electron chi connectivity index (χ4n) is 4.53. The van der Waals surface area contributed by atoms with Gasteiger partial charge in [-0.3, -0.25) is 5.32 Å². The molecule has 2 heterocycles. The number of rotatable bonds is 8. The molecule has 0 spiro atoms. The highest BCUT2D eigenvalue weighted by Crippen LogP contribution is 2.39. The van der Waals surface area contributed by atoms with E-state index in [1.54, 1.807) is 42.0 Å². The van der Waals surface area contributed by atoms with E-state index in [1.165, 1.54) is 17.5 Å². The fourth-order valence-corrected chi connectivity index (χ4v) is 5.62. The molecule has 0 fully saturated rings. The van der Waals surface area contributed by atoms with E-state index in [0.717, 1.165) is 26.6 Å². The molecule has 5 aromatic rings. The first-order chi connectivity index (χ1) is 18.7. The van der Waals surface area contributed by atoms with Crippen LogP contribution in [0.15, 0.2) is 85.1 Å². The molecular weight excluding hydrogens is 543 g/mol. The van der Waals surface area contributed by atoms with Gasteiger partial charge < -0.3 is 9.30 Å². The molecule has 0 saturated heterocycles. The normalized spacial score (nSPS) is 12.4. The van der Waals surface area contributed by atoms with Gasteiger partial charge in [0.15, 0.2) is 0 Å². The molecule has 1 N–H and O–H groups in total. The van der Waals surface area contributed by atoms with Gasteiger partial charge in [-0.05, 0) is 71.8 Å². The van der Waals surface area contributed by atoms with Crippen molar-refractivity contribution in [2.45, 2.75) is 25.3 Å². The molecular formula is C30H23ClF3N3OS. The zero-order valence-corrected chi connectivity index (χ0v) is 22.4. The summed E-state index contributed by atoms with van der Waals surface area (Å²) < 4.78 is 50.3. The Hall–Kier alpha value is -3.77. The van der Waals surface area contributed by atoms with Gasteiger partial charge in [0, 0.05) is 50.5 Å². The van der Waals surface area contributed by atoms with Gasteiger partial charge in [0.1, 0.15) is 11.8 Å². The smallest absolute Gasteiger partial charge is 0.407 e. The summed E-state index contributed by atoms with van der Waals surface area (Å²) >= 11 is 7.44. The molecule has 1 unspecified atom stereocenters. The Kier molecular flexibility index (Phi) is 7.67. The highest BCUT2D eigenvalue weighted by molar-refractivity contribution is 7.15. The number of fused-ring (bicyclic) bond motifs is 1. The Bertz CT molecular complexity index is 1630. The molecule has 39 heavy (non-hydrogen) atoms. The van der Waals surface area contributed by atoms with Crippen LogP contribution in [0.5, 0.6) is 5.75 Å². The zero-order chi connectivity index (χ0) is 27.6. The first-order valence-electron chi connectivity index (χ1n) is 12.1. The molecule has 5 rings (SSSR count). The second-order valence-electron chi connectivity index (χ2n) is 9.03. The Morgan fingerprint density at radius 3 is 2.44 bits per heavy atom. The highest BCUT2D eigenvalue weighted by Gasteiger charge is 2.42. The molecule has 9 heteroatoms. The first-order valence-corrected chi connectivity index (χ1v) is 13.2. The number of ether oxygens (including phenoxy) is 1. The molecule has 0 aliphatic rings. The van der Waals surface area contributed by atoms with Crippen LogP contribution in [0.4, 0.5) is 13.2 Å². The first kappa shape index (κ1) is 26.8. The van der Waals surface area contributed by atoms with E-state index in [4.69, 9.17) is 16.3 Å². The van der Waals surface area contributed by atoms with Crippen LogP contribution in [0, 0.1) is 11.3 Å². The van der Waals surface area contributed by atoms with Gasteiger partial charge in [-0.2, -0.15) is 18.4 Å². The van der Waals surface area contributed by atoms with Crippen LogP contribution in [0.25, 0.3) is 21.3 Å². The minimum atomic E-state index is -4.54. The maximum absolute atomic E-state index is 14.5. The van der Waals surface area contributed by atoms with Gasteiger partial charge in [0.2, 0.25) is 0 Å². The lowest BCUT2D eigenvalue weighted by atomic mass is 10.0. The van der Waals surface area contributed by atoms with Crippen molar-refractivity contribution in [2.75, 3.05) is 7.11 Å². The maximum Gasteiger partial charge on any atom is 0.407 e. The predicted molar refractivity (Wildman–Crippen MR) is 149 cm³/mol. The van der Waals surface area contributed by atoms with Gasteiger partial charge in [-0.15, -0.1) is 11.3 Å². The van der Waals surface area contributed by atoms with Gasteiger partial charge >= 0.3 is 6.18 Å². The number of thiophene rings is 1. The maximum atomic E-state index is 14.5. The summed E-state index contributed by atoms with van der Waals surface area (Å²) in [6.45, 7) is 0.383. The monoisotopic (exact) mass is 565 g/mol. The number of benzene rings is 3. The van der Waals surface area contributed by atoms with Crippen LogP contribution in [-0.2, 0) is 13.1 Å². The topological polar surface area (TPSA) is 50.0 Å². The summed E-state index contributed by atoms with van der Waals surface area (Å²) in [7, 11) is 1.60. The van der Waals surface area contributed by atoms with E-state index in [1.807, 2.05) is 48.5 Å². The average Bonchev–Trinajstić information content (AvgIpc) is 3.54. The van der Waals surface area contributed by atoms with Gasteiger partial charge in [-0.1, -0.05) is 29.8 Å². The lowest BCUT2D eigenvalue weighted by molar-refractivity contribution is -0.157. The predicted octanol–water partition coefficient (Wildman–Crippen LogP) is 8.34. The largest absolute Gasteiger partial charge is 0.497 e. The molecule has 0 amide bonds. The molecule has 2 aromatic heterocycles. The average molecular weight is 566 g/mol. The van der Waals surface area contributed by atoms with Crippen LogP contribution < -0.4 is 10.1 Å².